The summed E-state index contributed by atoms with van der Waals surface area (Å²) >= 11 is 0. The quantitative estimate of drug-likeness (QED) is 0.753. The van der Waals surface area contributed by atoms with Crippen molar-refractivity contribution < 1.29 is 0 Å². The Labute approximate surface area is 84.2 Å². The molecule has 1 aliphatic heterocycles. The largest absolute Gasteiger partial charge is 0.329 e. The van der Waals surface area contributed by atoms with Crippen LogP contribution in [0.2, 0.25) is 0 Å². The lowest BCUT2D eigenvalue weighted by Crippen LogP contribution is -2.35. The molecule has 1 unspecified atom stereocenters. The monoisotopic (exact) mass is 192 g/mol. The molecule has 14 heavy (non-hydrogen) atoms. The van der Waals surface area contributed by atoms with Crippen LogP contribution in [-0.4, -0.2) is 34.0 Å². The van der Waals surface area contributed by atoms with E-state index in [4.69, 9.17) is 5.73 Å². The van der Waals surface area contributed by atoms with E-state index < -0.39 is 0 Å². The smallest absolute Gasteiger partial charge is 0.0726 e. The van der Waals surface area contributed by atoms with Crippen LogP contribution < -0.4 is 5.73 Å². The molecule has 76 valence electrons. The molecular weight excluding hydrogens is 176 g/mol. The topological polar surface area (TPSA) is 55.0 Å². The third kappa shape index (κ3) is 2.08. The van der Waals surface area contributed by atoms with Gasteiger partial charge in [-0.1, -0.05) is 0 Å². The summed E-state index contributed by atoms with van der Waals surface area (Å²) in [6, 6.07) is 0.539. The molecule has 0 amide bonds. The minimum atomic E-state index is 0.539. The second-order valence-corrected chi connectivity index (χ2v) is 3.70. The Balaban J connectivity index is 1.97. The maximum absolute atomic E-state index is 5.70. The van der Waals surface area contributed by atoms with Gasteiger partial charge in [-0.25, -0.2) is 0 Å². The lowest BCUT2D eigenvalue weighted by molar-refractivity contribution is 0.247. The first kappa shape index (κ1) is 9.55. The third-order valence-electron chi connectivity index (χ3n) is 2.75. The van der Waals surface area contributed by atoms with E-state index in [9.17, 15) is 0 Å². The molecule has 0 aromatic carbocycles. The zero-order chi connectivity index (χ0) is 9.80. The van der Waals surface area contributed by atoms with Crippen LogP contribution in [0.4, 0.5) is 0 Å². The van der Waals surface area contributed by atoms with Crippen molar-refractivity contribution in [3.05, 3.63) is 24.3 Å². The molecule has 0 radical (unpaired) electrons. The van der Waals surface area contributed by atoms with Crippen molar-refractivity contribution in [2.75, 3.05) is 13.1 Å². The standard InChI is InChI=1S/C10H16N4/c11-6-10-2-1-5-14(10)8-9-7-12-3-4-13-9/h3-4,7,10H,1-2,5-6,8,11H2. The fourth-order valence-corrected chi connectivity index (χ4v) is 1.99. The molecular formula is C10H16N4. The Kier molecular flexibility index (Phi) is 3.06. The van der Waals surface area contributed by atoms with Crippen molar-refractivity contribution in [2.45, 2.75) is 25.4 Å². The SMILES string of the molecule is NCC1CCCN1Cc1cnccn1. The van der Waals surface area contributed by atoms with E-state index in [1.807, 2.05) is 6.20 Å². The minimum absolute atomic E-state index is 0.539. The number of nitrogens with two attached hydrogens (primary N) is 1. The summed E-state index contributed by atoms with van der Waals surface area (Å²) in [6.07, 6.45) is 7.74. The van der Waals surface area contributed by atoms with Gasteiger partial charge in [-0.2, -0.15) is 0 Å². The molecule has 2 N–H and O–H groups in total. The Hall–Kier alpha value is -1.00. The van der Waals surface area contributed by atoms with Gasteiger partial charge in [-0.3, -0.25) is 14.9 Å². The van der Waals surface area contributed by atoms with E-state index in [2.05, 4.69) is 14.9 Å². The first-order chi connectivity index (χ1) is 6.90. The molecule has 0 spiro atoms. The van der Waals surface area contributed by atoms with E-state index >= 15 is 0 Å². The number of aromatic nitrogens is 2. The zero-order valence-corrected chi connectivity index (χ0v) is 8.26. The molecule has 1 aromatic heterocycles. The van der Waals surface area contributed by atoms with E-state index in [0.29, 0.717) is 6.04 Å². The van der Waals surface area contributed by atoms with Crippen LogP contribution in [0.3, 0.4) is 0 Å². The summed E-state index contributed by atoms with van der Waals surface area (Å²) in [5, 5.41) is 0. The summed E-state index contributed by atoms with van der Waals surface area (Å²) in [5.74, 6) is 0. The lowest BCUT2D eigenvalue weighted by atomic mass is 10.2. The van der Waals surface area contributed by atoms with Gasteiger partial charge in [0.2, 0.25) is 0 Å². The molecule has 4 heteroatoms. The molecule has 1 saturated heterocycles. The molecule has 1 fully saturated rings. The number of nitrogens with zero attached hydrogens (tertiary/aromatic N) is 3. The van der Waals surface area contributed by atoms with E-state index in [1.54, 1.807) is 12.4 Å². The normalized spacial score (nSPS) is 22.8. The minimum Gasteiger partial charge on any atom is -0.329 e. The van der Waals surface area contributed by atoms with Crippen molar-refractivity contribution in [2.24, 2.45) is 5.73 Å². The Morgan fingerprint density at radius 2 is 2.43 bits per heavy atom. The molecule has 2 heterocycles. The van der Waals surface area contributed by atoms with Crippen molar-refractivity contribution in [1.29, 1.82) is 0 Å². The summed E-state index contributed by atoms with van der Waals surface area (Å²) in [7, 11) is 0. The van der Waals surface area contributed by atoms with Crippen LogP contribution in [-0.2, 0) is 6.54 Å². The van der Waals surface area contributed by atoms with Crippen molar-refractivity contribution in [1.82, 2.24) is 14.9 Å². The highest BCUT2D eigenvalue weighted by molar-refractivity contribution is 4.96. The van der Waals surface area contributed by atoms with Crippen LogP contribution in [0.25, 0.3) is 0 Å². The van der Waals surface area contributed by atoms with Crippen LogP contribution in [0.5, 0.6) is 0 Å². The molecule has 0 aliphatic carbocycles. The van der Waals surface area contributed by atoms with Gasteiger partial charge in [-0.15, -0.1) is 0 Å². The number of rotatable bonds is 3. The average Bonchev–Trinajstić information content (AvgIpc) is 2.67. The first-order valence-corrected chi connectivity index (χ1v) is 5.09. The zero-order valence-electron chi connectivity index (χ0n) is 8.26. The Bertz CT molecular complexity index is 275. The molecule has 1 atom stereocenters. The van der Waals surface area contributed by atoms with Crippen molar-refractivity contribution in [3.8, 4) is 0 Å². The predicted molar refractivity (Wildman–Crippen MR) is 54.5 cm³/mol. The van der Waals surface area contributed by atoms with Gasteiger partial charge in [0.15, 0.2) is 0 Å². The van der Waals surface area contributed by atoms with E-state index in [1.165, 1.54) is 12.8 Å². The van der Waals surface area contributed by atoms with Gasteiger partial charge in [-0.05, 0) is 19.4 Å². The van der Waals surface area contributed by atoms with Gasteiger partial charge < -0.3 is 5.73 Å². The number of hydrogen-bond acceptors (Lipinski definition) is 4. The fraction of sp³-hybridized carbons (Fsp3) is 0.600. The third-order valence-corrected chi connectivity index (χ3v) is 2.75. The van der Waals surface area contributed by atoms with E-state index in [0.717, 1.165) is 25.3 Å². The Morgan fingerprint density at radius 1 is 1.50 bits per heavy atom. The lowest BCUT2D eigenvalue weighted by Gasteiger charge is -2.22. The number of hydrogen-bond donors (Lipinski definition) is 1. The van der Waals surface area contributed by atoms with Crippen LogP contribution in [0.15, 0.2) is 18.6 Å². The molecule has 0 bridgehead atoms. The highest BCUT2D eigenvalue weighted by Gasteiger charge is 2.23. The molecule has 0 saturated carbocycles. The summed E-state index contributed by atoms with van der Waals surface area (Å²) in [4.78, 5) is 10.7. The van der Waals surface area contributed by atoms with Gasteiger partial charge >= 0.3 is 0 Å². The fourth-order valence-electron chi connectivity index (χ4n) is 1.99. The Morgan fingerprint density at radius 3 is 3.14 bits per heavy atom. The molecule has 1 aliphatic rings. The van der Waals surface area contributed by atoms with Gasteiger partial charge in [0.1, 0.15) is 0 Å². The van der Waals surface area contributed by atoms with Crippen LogP contribution in [0.1, 0.15) is 18.5 Å². The van der Waals surface area contributed by atoms with Crippen LogP contribution in [0, 0.1) is 0 Å². The number of likely N-dealkylation sites (tertiary alicyclic amines) is 1. The van der Waals surface area contributed by atoms with Gasteiger partial charge in [0, 0.05) is 37.7 Å². The maximum Gasteiger partial charge on any atom is 0.0726 e. The van der Waals surface area contributed by atoms with Crippen molar-refractivity contribution in [3.63, 3.8) is 0 Å². The summed E-state index contributed by atoms with van der Waals surface area (Å²) in [5.41, 5.74) is 6.74. The summed E-state index contributed by atoms with van der Waals surface area (Å²) in [6.45, 7) is 2.77. The molecule has 2 rings (SSSR count). The van der Waals surface area contributed by atoms with Gasteiger partial charge in [0.05, 0.1) is 5.69 Å². The highest BCUT2D eigenvalue weighted by atomic mass is 15.2. The van der Waals surface area contributed by atoms with Crippen molar-refractivity contribution >= 4 is 0 Å². The molecule has 4 nitrogen and oxygen atoms in total. The second-order valence-electron chi connectivity index (χ2n) is 3.70. The first-order valence-electron chi connectivity index (χ1n) is 5.09. The van der Waals surface area contributed by atoms with Gasteiger partial charge in [0.25, 0.3) is 0 Å². The van der Waals surface area contributed by atoms with Crippen LogP contribution >= 0.6 is 0 Å². The summed E-state index contributed by atoms with van der Waals surface area (Å²) < 4.78 is 0. The second kappa shape index (κ2) is 4.48. The maximum atomic E-state index is 5.70. The molecule has 1 aromatic rings. The van der Waals surface area contributed by atoms with E-state index in [-0.39, 0.29) is 0 Å². The highest BCUT2D eigenvalue weighted by Crippen LogP contribution is 2.17. The average molecular weight is 192 g/mol. The predicted octanol–water partition coefficient (Wildman–Crippen LogP) is 0.400.